The number of anilines is 1. The quantitative estimate of drug-likeness (QED) is 0.703. The molecule has 0 unspecified atom stereocenters. The van der Waals surface area contributed by atoms with E-state index < -0.39 is 15.9 Å². The maximum atomic E-state index is 12.5. The van der Waals surface area contributed by atoms with Crippen molar-refractivity contribution in [2.45, 2.75) is 4.90 Å². The van der Waals surface area contributed by atoms with Crippen molar-refractivity contribution in [3.05, 3.63) is 72.1 Å². The van der Waals surface area contributed by atoms with Crippen LogP contribution in [0.25, 0.3) is 10.4 Å². The van der Waals surface area contributed by atoms with Crippen LogP contribution >= 0.6 is 11.3 Å². The number of hydrogen-bond acceptors (Lipinski definition) is 4. The number of rotatable bonds is 6. The Morgan fingerprint density at radius 2 is 1.69 bits per heavy atom. The van der Waals surface area contributed by atoms with Crippen molar-refractivity contribution in [2.24, 2.45) is 0 Å². The summed E-state index contributed by atoms with van der Waals surface area (Å²) in [5.41, 5.74) is 1.56. The molecule has 0 aliphatic rings. The molecule has 0 spiro atoms. The maximum Gasteiger partial charge on any atom is 0.243 e. The van der Waals surface area contributed by atoms with Crippen LogP contribution in [0.3, 0.4) is 0 Å². The lowest BCUT2D eigenvalue weighted by Crippen LogP contribution is -2.35. The molecule has 1 heterocycles. The van der Waals surface area contributed by atoms with Crippen LogP contribution in [0.1, 0.15) is 0 Å². The van der Waals surface area contributed by atoms with Gasteiger partial charge in [-0.1, -0.05) is 42.5 Å². The summed E-state index contributed by atoms with van der Waals surface area (Å²) in [6, 6.07) is 19.4. The first-order valence-electron chi connectivity index (χ1n) is 7.92. The lowest BCUT2D eigenvalue weighted by molar-refractivity contribution is -0.116. The number of nitrogens with zero attached hydrogens (tertiary/aromatic N) is 1. The van der Waals surface area contributed by atoms with Gasteiger partial charge in [0.15, 0.2) is 0 Å². The average molecular weight is 386 g/mol. The molecule has 3 rings (SSSR count). The number of likely N-dealkylation sites (N-methyl/N-ethyl adjacent to an activating group) is 1. The number of carbonyl (C=O) groups is 1. The highest BCUT2D eigenvalue weighted by molar-refractivity contribution is 7.89. The van der Waals surface area contributed by atoms with Crippen molar-refractivity contribution in [1.82, 2.24) is 4.31 Å². The Balaban J connectivity index is 1.74. The molecular formula is C19H18N2O3S2. The van der Waals surface area contributed by atoms with Gasteiger partial charge in [-0.15, -0.1) is 11.3 Å². The second-order valence-electron chi connectivity index (χ2n) is 5.65. The van der Waals surface area contributed by atoms with Crippen LogP contribution in [0.4, 0.5) is 5.69 Å². The molecule has 2 aromatic carbocycles. The van der Waals surface area contributed by atoms with Gasteiger partial charge < -0.3 is 5.32 Å². The number of para-hydroxylation sites is 1. The van der Waals surface area contributed by atoms with Crippen molar-refractivity contribution in [3.8, 4) is 10.4 Å². The summed E-state index contributed by atoms with van der Waals surface area (Å²) in [4.78, 5) is 13.6. The van der Waals surface area contributed by atoms with Gasteiger partial charge in [-0.2, -0.15) is 4.31 Å². The number of carbonyl (C=O) groups excluding carboxylic acids is 1. The van der Waals surface area contributed by atoms with Gasteiger partial charge in [0.2, 0.25) is 15.9 Å². The largest absolute Gasteiger partial charge is 0.324 e. The molecular weight excluding hydrogens is 368 g/mol. The smallest absolute Gasteiger partial charge is 0.243 e. The summed E-state index contributed by atoms with van der Waals surface area (Å²) in [5.74, 6) is -0.393. The molecule has 0 saturated heterocycles. The van der Waals surface area contributed by atoms with Crippen LogP contribution in [0.15, 0.2) is 77.0 Å². The second-order valence-corrected chi connectivity index (χ2v) is 8.64. The third kappa shape index (κ3) is 4.01. The molecule has 0 fully saturated rings. The zero-order chi connectivity index (χ0) is 18.6. The first kappa shape index (κ1) is 18.3. The minimum atomic E-state index is -3.71. The lowest BCUT2D eigenvalue weighted by atomic mass is 10.1. The van der Waals surface area contributed by atoms with E-state index in [0.29, 0.717) is 5.69 Å². The minimum Gasteiger partial charge on any atom is -0.324 e. The summed E-state index contributed by atoms with van der Waals surface area (Å²) in [5, 5.41) is 4.78. The fourth-order valence-corrected chi connectivity index (χ4v) is 4.40. The monoisotopic (exact) mass is 386 g/mol. The van der Waals surface area contributed by atoms with E-state index in [-0.39, 0.29) is 11.4 Å². The SMILES string of the molecule is CN(CC(=O)Nc1ccccc1-c1cccs1)S(=O)(=O)c1ccccc1. The van der Waals surface area contributed by atoms with E-state index >= 15 is 0 Å². The third-order valence-corrected chi connectivity index (χ3v) is 6.53. The van der Waals surface area contributed by atoms with Crippen molar-refractivity contribution < 1.29 is 13.2 Å². The number of hydrogen-bond donors (Lipinski definition) is 1. The summed E-state index contributed by atoms with van der Waals surface area (Å²) in [7, 11) is -2.31. The van der Waals surface area contributed by atoms with Crippen molar-refractivity contribution in [2.75, 3.05) is 18.9 Å². The van der Waals surface area contributed by atoms with Crippen LogP contribution in [0.5, 0.6) is 0 Å². The number of amides is 1. The van der Waals surface area contributed by atoms with Crippen LogP contribution in [-0.2, 0) is 14.8 Å². The minimum absolute atomic E-state index is 0.161. The molecule has 0 bridgehead atoms. The molecule has 7 heteroatoms. The second kappa shape index (κ2) is 7.82. The normalized spacial score (nSPS) is 11.5. The zero-order valence-corrected chi connectivity index (χ0v) is 15.8. The summed E-state index contributed by atoms with van der Waals surface area (Å²) in [6.07, 6.45) is 0. The Hall–Kier alpha value is -2.48. The van der Waals surface area contributed by atoms with Crippen molar-refractivity contribution in [3.63, 3.8) is 0 Å². The Morgan fingerprint density at radius 1 is 1.00 bits per heavy atom. The number of thiophene rings is 1. The summed E-state index contributed by atoms with van der Waals surface area (Å²) >= 11 is 1.58. The van der Waals surface area contributed by atoms with Gasteiger partial charge in [0, 0.05) is 23.2 Å². The van der Waals surface area contributed by atoms with Crippen LogP contribution < -0.4 is 5.32 Å². The lowest BCUT2D eigenvalue weighted by Gasteiger charge is -2.17. The van der Waals surface area contributed by atoms with Crippen molar-refractivity contribution >= 4 is 33.0 Å². The van der Waals surface area contributed by atoms with Gasteiger partial charge in [0.05, 0.1) is 11.4 Å². The van der Waals surface area contributed by atoms with Gasteiger partial charge in [0.25, 0.3) is 0 Å². The number of benzene rings is 2. The van der Waals surface area contributed by atoms with E-state index in [1.807, 2.05) is 35.7 Å². The molecule has 0 radical (unpaired) electrons. The average Bonchev–Trinajstić information content (AvgIpc) is 3.17. The highest BCUT2D eigenvalue weighted by atomic mass is 32.2. The highest BCUT2D eigenvalue weighted by Gasteiger charge is 2.23. The van der Waals surface area contributed by atoms with E-state index in [0.717, 1.165) is 14.7 Å². The Bertz CT molecular complexity index is 985. The van der Waals surface area contributed by atoms with E-state index in [1.54, 1.807) is 35.6 Å². The number of nitrogens with one attached hydrogen (secondary N) is 1. The van der Waals surface area contributed by atoms with Gasteiger partial charge in [-0.05, 0) is 29.6 Å². The number of sulfonamides is 1. The van der Waals surface area contributed by atoms with E-state index in [1.165, 1.54) is 19.2 Å². The molecule has 26 heavy (non-hydrogen) atoms. The Morgan fingerprint density at radius 3 is 2.38 bits per heavy atom. The molecule has 0 atom stereocenters. The predicted molar refractivity (Wildman–Crippen MR) is 105 cm³/mol. The molecule has 0 saturated carbocycles. The molecule has 1 N–H and O–H groups in total. The first-order chi connectivity index (χ1) is 12.5. The topological polar surface area (TPSA) is 66.5 Å². The molecule has 1 amide bonds. The summed E-state index contributed by atoms with van der Waals surface area (Å²) < 4.78 is 26.1. The zero-order valence-electron chi connectivity index (χ0n) is 14.1. The van der Waals surface area contributed by atoms with E-state index in [9.17, 15) is 13.2 Å². The molecule has 5 nitrogen and oxygen atoms in total. The van der Waals surface area contributed by atoms with E-state index in [2.05, 4.69) is 5.32 Å². The van der Waals surface area contributed by atoms with E-state index in [4.69, 9.17) is 0 Å². The molecule has 134 valence electrons. The van der Waals surface area contributed by atoms with Gasteiger partial charge in [-0.25, -0.2) is 8.42 Å². The Kier molecular flexibility index (Phi) is 5.51. The molecule has 3 aromatic rings. The van der Waals surface area contributed by atoms with Crippen LogP contribution in [0.2, 0.25) is 0 Å². The van der Waals surface area contributed by atoms with Gasteiger partial charge in [-0.3, -0.25) is 4.79 Å². The molecule has 1 aromatic heterocycles. The first-order valence-corrected chi connectivity index (χ1v) is 10.2. The van der Waals surface area contributed by atoms with Crippen LogP contribution in [-0.4, -0.2) is 32.2 Å². The highest BCUT2D eigenvalue weighted by Crippen LogP contribution is 2.31. The fraction of sp³-hybridized carbons (Fsp3) is 0.105. The molecule has 0 aliphatic heterocycles. The van der Waals surface area contributed by atoms with Gasteiger partial charge in [0.1, 0.15) is 0 Å². The molecule has 0 aliphatic carbocycles. The van der Waals surface area contributed by atoms with Crippen molar-refractivity contribution in [1.29, 1.82) is 0 Å². The predicted octanol–water partition coefficient (Wildman–Crippen LogP) is 3.67. The van der Waals surface area contributed by atoms with Crippen LogP contribution in [0, 0.1) is 0 Å². The Labute approximate surface area is 157 Å². The fourth-order valence-electron chi connectivity index (χ4n) is 2.49. The summed E-state index contributed by atoms with van der Waals surface area (Å²) in [6.45, 7) is -0.268. The maximum absolute atomic E-state index is 12.5. The third-order valence-electron chi connectivity index (χ3n) is 3.81. The standard InChI is InChI=1S/C19H18N2O3S2/c1-21(26(23,24)15-8-3-2-4-9-15)14-19(22)20-17-11-6-5-10-16(17)18-12-7-13-25-18/h2-13H,14H2,1H3,(H,20,22). The van der Waals surface area contributed by atoms with Gasteiger partial charge >= 0.3 is 0 Å².